The molecule has 0 atom stereocenters. The summed E-state index contributed by atoms with van der Waals surface area (Å²) < 4.78 is 2.35. The van der Waals surface area contributed by atoms with Crippen molar-refractivity contribution in [2.45, 2.75) is 27.7 Å². The first kappa shape index (κ1) is 18.7. The first-order valence-electron chi connectivity index (χ1n) is 10.6. The monoisotopic (exact) mass is 373 g/mol. The molecule has 0 N–H and O–H groups in total. The molecule has 3 heteroatoms. The molecule has 0 aliphatic rings. The topological polar surface area (TPSA) is 11.4 Å². The van der Waals surface area contributed by atoms with E-state index in [0.29, 0.717) is 0 Å². The van der Waals surface area contributed by atoms with Crippen LogP contribution in [0.25, 0.3) is 32.6 Å². The molecular formula is C25H31N3. The van der Waals surface area contributed by atoms with Crippen molar-refractivity contribution in [3.63, 3.8) is 0 Å². The van der Waals surface area contributed by atoms with E-state index in [9.17, 15) is 0 Å². The van der Waals surface area contributed by atoms with Gasteiger partial charge in [0.2, 0.25) is 0 Å². The van der Waals surface area contributed by atoms with Gasteiger partial charge in [-0.1, -0.05) is 12.1 Å². The summed E-state index contributed by atoms with van der Waals surface area (Å²) in [6, 6.07) is 18.5. The molecule has 4 rings (SSSR count). The molecule has 0 spiro atoms. The third-order valence-electron chi connectivity index (χ3n) is 6.19. The van der Waals surface area contributed by atoms with Crippen molar-refractivity contribution in [2.75, 3.05) is 36.0 Å². The predicted octanol–water partition coefficient (Wildman–Crippen LogP) is 6.18. The Morgan fingerprint density at radius 2 is 1.18 bits per heavy atom. The van der Waals surface area contributed by atoms with E-state index < -0.39 is 0 Å². The lowest BCUT2D eigenvalue weighted by Crippen LogP contribution is -2.21. The van der Waals surface area contributed by atoms with E-state index in [4.69, 9.17) is 0 Å². The molecule has 0 unspecified atom stereocenters. The van der Waals surface area contributed by atoms with Crippen LogP contribution < -0.4 is 9.80 Å². The lowest BCUT2D eigenvalue weighted by molar-refractivity contribution is 0.866. The van der Waals surface area contributed by atoms with Crippen molar-refractivity contribution in [1.82, 2.24) is 4.57 Å². The van der Waals surface area contributed by atoms with Crippen molar-refractivity contribution >= 4 is 44.0 Å². The molecule has 28 heavy (non-hydrogen) atoms. The Morgan fingerprint density at radius 3 is 1.82 bits per heavy atom. The first-order chi connectivity index (χ1) is 13.6. The van der Waals surface area contributed by atoms with Crippen molar-refractivity contribution in [2.24, 2.45) is 7.05 Å². The Balaban J connectivity index is 1.93. The lowest BCUT2D eigenvalue weighted by atomic mass is 10.0. The Hall–Kier alpha value is -2.68. The smallest absolute Gasteiger partial charge is 0.0509 e. The summed E-state index contributed by atoms with van der Waals surface area (Å²) in [6.07, 6.45) is 0. The van der Waals surface area contributed by atoms with Gasteiger partial charge in [0.25, 0.3) is 0 Å². The van der Waals surface area contributed by atoms with Crippen LogP contribution in [0.5, 0.6) is 0 Å². The number of nitrogens with zero attached hydrogens (tertiary/aromatic N) is 3. The number of rotatable bonds is 6. The minimum atomic E-state index is 1.03. The van der Waals surface area contributed by atoms with Gasteiger partial charge in [-0.15, -0.1) is 0 Å². The highest BCUT2D eigenvalue weighted by Crippen LogP contribution is 2.34. The Bertz CT molecular complexity index is 1130. The summed E-state index contributed by atoms with van der Waals surface area (Å²) in [5.41, 5.74) is 5.21. The second-order valence-corrected chi connectivity index (χ2v) is 7.51. The second kappa shape index (κ2) is 7.38. The third kappa shape index (κ3) is 2.90. The minimum absolute atomic E-state index is 1.03. The summed E-state index contributed by atoms with van der Waals surface area (Å²) in [4.78, 5) is 4.81. The fourth-order valence-corrected chi connectivity index (χ4v) is 4.49. The van der Waals surface area contributed by atoms with E-state index in [0.717, 1.165) is 26.2 Å². The molecule has 3 aromatic carbocycles. The lowest BCUT2D eigenvalue weighted by Gasteiger charge is -2.21. The molecule has 0 saturated carbocycles. The number of aryl methyl sites for hydroxylation is 1. The zero-order valence-corrected chi connectivity index (χ0v) is 17.8. The zero-order chi connectivity index (χ0) is 19.8. The van der Waals surface area contributed by atoms with Gasteiger partial charge >= 0.3 is 0 Å². The van der Waals surface area contributed by atoms with Gasteiger partial charge in [-0.2, -0.15) is 0 Å². The highest BCUT2D eigenvalue weighted by molar-refractivity contribution is 6.13. The fourth-order valence-electron chi connectivity index (χ4n) is 4.49. The molecule has 0 saturated heterocycles. The van der Waals surface area contributed by atoms with E-state index in [-0.39, 0.29) is 0 Å². The van der Waals surface area contributed by atoms with Gasteiger partial charge in [-0.3, -0.25) is 0 Å². The van der Waals surface area contributed by atoms with E-state index in [1.807, 2.05) is 0 Å². The summed E-state index contributed by atoms with van der Waals surface area (Å²) in [6.45, 7) is 13.0. The predicted molar refractivity (Wildman–Crippen MR) is 125 cm³/mol. The molecule has 146 valence electrons. The molecule has 0 radical (unpaired) electrons. The van der Waals surface area contributed by atoms with Gasteiger partial charge < -0.3 is 14.4 Å². The SMILES string of the molecule is CCN(CC)c1ccc2cc3c4ccc(N(CC)CC)cc4n(C)c3cc2c1. The molecule has 1 aromatic heterocycles. The van der Waals surface area contributed by atoms with Crippen LogP contribution in [0.4, 0.5) is 11.4 Å². The maximum absolute atomic E-state index is 2.41. The molecular weight excluding hydrogens is 342 g/mol. The van der Waals surface area contributed by atoms with E-state index >= 15 is 0 Å². The van der Waals surface area contributed by atoms with Crippen LogP contribution in [-0.2, 0) is 7.05 Å². The van der Waals surface area contributed by atoms with Crippen LogP contribution in [0.15, 0.2) is 48.5 Å². The number of benzene rings is 3. The van der Waals surface area contributed by atoms with Gasteiger partial charge in [0, 0.05) is 60.9 Å². The molecule has 1 heterocycles. The van der Waals surface area contributed by atoms with E-state index in [1.54, 1.807) is 0 Å². The average molecular weight is 374 g/mol. The number of hydrogen-bond acceptors (Lipinski definition) is 2. The molecule has 3 nitrogen and oxygen atoms in total. The Kier molecular flexibility index (Phi) is 4.92. The molecule has 0 aliphatic carbocycles. The standard InChI is InChI=1S/C25H31N3/c1-6-27(7-2)20-11-10-18-15-23-22-13-12-21(28(8-3)9-4)17-25(22)26(5)24(23)16-19(18)14-20/h10-17H,6-9H2,1-5H3. The van der Waals surface area contributed by atoms with Crippen LogP contribution in [0.1, 0.15) is 27.7 Å². The molecule has 4 aromatic rings. The van der Waals surface area contributed by atoms with Gasteiger partial charge in [0.15, 0.2) is 0 Å². The summed E-state index contributed by atoms with van der Waals surface area (Å²) in [7, 11) is 2.19. The van der Waals surface area contributed by atoms with Crippen LogP contribution in [-0.4, -0.2) is 30.7 Å². The van der Waals surface area contributed by atoms with Gasteiger partial charge in [-0.25, -0.2) is 0 Å². The fraction of sp³-hybridized carbons (Fsp3) is 0.360. The maximum atomic E-state index is 2.41. The van der Waals surface area contributed by atoms with Crippen LogP contribution >= 0.6 is 0 Å². The number of anilines is 2. The third-order valence-corrected chi connectivity index (χ3v) is 6.19. The van der Waals surface area contributed by atoms with Crippen molar-refractivity contribution < 1.29 is 0 Å². The molecule has 0 aliphatic heterocycles. The second-order valence-electron chi connectivity index (χ2n) is 7.51. The molecule has 0 fully saturated rings. The number of fused-ring (bicyclic) bond motifs is 4. The maximum Gasteiger partial charge on any atom is 0.0509 e. The highest BCUT2D eigenvalue weighted by Gasteiger charge is 2.12. The van der Waals surface area contributed by atoms with Crippen molar-refractivity contribution in [3.8, 4) is 0 Å². The van der Waals surface area contributed by atoms with E-state index in [1.165, 1.54) is 44.0 Å². The summed E-state index contributed by atoms with van der Waals surface area (Å²) in [5.74, 6) is 0. The zero-order valence-electron chi connectivity index (χ0n) is 17.8. The van der Waals surface area contributed by atoms with Crippen LogP contribution in [0.3, 0.4) is 0 Å². The minimum Gasteiger partial charge on any atom is -0.372 e. The van der Waals surface area contributed by atoms with Crippen LogP contribution in [0, 0.1) is 0 Å². The summed E-state index contributed by atoms with van der Waals surface area (Å²) >= 11 is 0. The Labute approximate surface area is 168 Å². The molecule has 0 amide bonds. The average Bonchev–Trinajstić information content (AvgIpc) is 2.99. The normalized spacial score (nSPS) is 11.6. The Morgan fingerprint density at radius 1 is 0.607 bits per heavy atom. The van der Waals surface area contributed by atoms with E-state index in [2.05, 4.69) is 97.6 Å². The number of aromatic nitrogens is 1. The van der Waals surface area contributed by atoms with Gasteiger partial charge in [-0.05, 0) is 74.9 Å². The quantitative estimate of drug-likeness (QED) is 0.400. The van der Waals surface area contributed by atoms with Gasteiger partial charge in [0.05, 0.1) is 5.52 Å². The van der Waals surface area contributed by atoms with Crippen molar-refractivity contribution in [1.29, 1.82) is 0 Å². The number of hydrogen-bond donors (Lipinski definition) is 0. The van der Waals surface area contributed by atoms with Crippen LogP contribution in [0.2, 0.25) is 0 Å². The highest BCUT2D eigenvalue weighted by atomic mass is 15.1. The van der Waals surface area contributed by atoms with Gasteiger partial charge in [0.1, 0.15) is 0 Å². The summed E-state index contributed by atoms with van der Waals surface area (Å²) in [5, 5.41) is 5.30. The van der Waals surface area contributed by atoms with Crippen molar-refractivity contribution in [3.05, 3.63) is 48.5 Å². The molecule has 0 bridgehead atoms. The largest absolute Gasteiger partial charge is 0.372 e. The first-order valence-corrected chi connectivity index (χ1v) is 10.6.